The quantitative estimate of drug-likeness (QED) is 0.761. The second-order valence-corrected chi connectivity index (χ2v) is 7.26. The predicted octanol–water partition coefficient (Wildman–Crippen LogP) is 2.48. The highest BCUT2D eigenvalue weighted by Crippen LogP contribution is 2.18. The van der Waals surface area contributed by atoms with Gasteiger partial charge in [0.05, 0.1) is 17.0 Å². The van der Waals surface area contributed by atoms with Crippen molar-refractivity contribution in [1.29, 1.82) is 0 Å². The predicted molar refractivity (Wildman–Crippen MR) is 91.0 cm³/mol. The lowest BCUT2D eigenvalue weighted by Gasteiger charge is -2.12. The van der Waals surface area contributed by atoms with Gasteiger partial charge in [-0.25, -0.2) is 9.71 Å². The van der Waals surface area contributed by atoms with Crippen LogP contribution in [0.4, 0.5) is 0 Å². The summed E-state index contributed by atoms with van der Waals surface area (Å²) < 4.78 is 26.8. The number of H-pyrrole nitrogens is 1. The molecule has 6 nitrogen and oxygen atoms in total. The Morgan fingerprint density at radius 1 is 1.12 bits per heavy atom. The van der Waals surface area contributed by atoms with Crippen LogP contribution in [0.3, 0.4) is 0 Å². The number of aromatic amines is 1. The van der Waals surface area contributed by atoms with Crippen molar-refractivity contribution in [3.05, 3.63) is 59.7 Å². The van der Waals surface area contributed by atoms with Gasteiger partial charge in [0, 0.05) is 0 Å². The lowest BCUT2D eigenvalue weighted by molar-refractivity contribution is -0.120. The second kappa shape index (κ2) is 6.09. The highest BCUT2D eigenvalue weighted by molar-refractivity contribution is 7.89. The number of benzene rings is 2. The maximum Gasteiger partial charge on any atom is 0.297 e. The average molecular weight is 343 g/mol. The normalized spacial score (nSPS) is 12.9. The molecule has 0 aliphatic heterocycles. The minimum atomic E-state index is -4.05. The Balaban J connectivity index is 1.82. The summed E-state index contributed by atoms with van der Waals surface area (Å²) in [6, 6.07) is 14.3. The minimum absolute atomic E-state index is 0.270. The first-order valence-electron chi connectivity index (χ1n) is 7.45. The van der Waals surface area contributed by atoms with Gasteiger partial charge in [0.1, 0.15) is 0 Å². The molecule has 7 heteroatoms. The van der Waals surface area contributed by atoms with Gasteiger partial charge in [-0.15, -0.1) is 0 Å². The molecule has 3 rings (SSSR count). The largest absolute Gasteiger partial charge is 0.327 e. The van der Waals surface area contributed by atoms with Gasteiger partial charge < -0.3 is 4.98 Å². The van der Waals surface area contributed by atoms with E-state index in [0.29, 0.717) is 11.0 Å². The Bertz CT molecular complexity index is 958. The number of nitrogens with one attached hydrogen (secondary N) is 2. The van der Waals surface area contributed by atoms with Crippen LogP contribution in [0.5, 0.6) is 0 Å². The lowest BCUT2D eigenvalue weighted by atomic mass is 10.00. The summed E-state index contributed by atoms with van der Waals surface area (Å²) in [5.41, 5.74) is 2.94. The number of amides is 1. The van der Waals surface area contributed by atoms with Gasteiger partial charge in [-0.05, 0) is 31.5 Å². The first-order valence-corrected chi connectivity index (χ1v) is 8.93. The highest BCUT2D eigenvalue weighted by Gasteiger charge is 2.25. The molecular weight excluding hydrogens is 326 g/mol. The zero-order valence-corrected chi connectivity index (χ0v) is 14.1. The van der Waals surface area contributed by atoms with E-state index in [-0.39, 0.29) is 5.16 Å². The SMILES string of the molecule is Cc1ccc(C(C)C(=O)NS(=O)(=O)c2nc3ccccc3[nH]2)cc1. The fourth-order valence-electron chi connectivity index (χ4n) is 2.33. The molecule has 2 N–H and O–H groups in total. The number of fused-ring (bicyclic) bond motifs is 1. The van der Waals surface area contributed by atoms with Crippen LogP contribution in [0.1, 0.15) is 24.0 Å². The third kappa shape index (κ3) is 3.16. The smallest absolute Gasteiger partial charge is 0.297 e. The van der Waals surface area contributed by atoms with E-state index in [2.05, 4.69) is 14.7 Å². The number of sulfonamides is 1. The molecule has 0 aliphatic rings. The van der Waals surface area contributed by atoms with E-state index in [9.17, 15) is 13.2 Å². The van der Waals surface area contributed by atoms with E-state index in [0.717, 1.165) is 11.1 Å². The first kappa shape index (κ1) is 16.2. The van der Waals surface area contributed by atoms with Crippen LogP contribution in [-0.2, 0) is 14.8 Å². The van der Waals surface area contributed by atoms with E-state index in [1.165, 1.54) is 0 Å². The standard InChI is InChI=1S/C17H17N3O3S/c1-11-7-9-13(10-8-11)12(2)16(21)20-24(22,23)17-18-14-5-3-4-6-15(14)19-17/h3-10,12H,1-2H3,(H,18,19)(H,20,21). The van der Waals surface area contributed by atoms with Crippen molar-refractivity contribution >= 4 is 27.0 Å². The zero-order valence-electron chi connectivity index (χ0n) is 13.3. The van der Waals surface area contributed by atoms with E-state index in [4.69, 9.17) is 0 Å². The molecule has 2 aromatic carbocycles. The van der Waals surface area contributed by atoms with Crippen molar-refractivity contribution in [3.63, 3.8) is 0 Å². The number of hydrogen-bond donors (Lipinski definition) is 2. The van der Waals surface area contributed by atoms with Crippen LogP contribution in [0.15, 0.2) is 53.7 Å². The number of rotatable bonds is 4. The van der Waals surface area contributed by atoms with Crippen LogP contribution >= 0.6 is 0 Å². The number of nitrogens with zero attached hydrogens (tertiary/aromatic N) is 1. The fraction of sp³-hybridized carbons (Fsp3) is 0.176. The Morgan fingerprint density at radius 2 is 1.79 bits per heavy atom. The number of carbonyl (C=O) groups excluding carboxylic acids is 1. The summed E-state index contributed by atoms with van der Waals surface area (Å²) in [5, 5.41) is -0.270. The average Bonchev–Trinajstić information content (AvgIpc) is 2.99. The molecule has 0 fully saturated rings. The summed E-state index contributed by atoms with van der Waals surface area (Å²) in [4.78, 5) is 19.0. The molecule has 1 unspecified atom stereocenters. The van der Waals surface area contributed by atoms with Crippen molar-refractivity contribution in [1.82, 2.24) is 14.7 Å². The maximum atomic E-state index is 12.4. The Hall–Kier alpha value is -2.67. The minimum Gasteiger partial charge on any atom is -0.327 e. The van der Waals surface area contributed by atoms with E-state index >= 15 is 0 Å². The van der Waals surface area contributed by atoms with Crippen LogP contribution in [0.2, 0.25) is 0 Å². The molecule has 1 amide bonds. The number of aromatic nitrogens is 2. The van der Waals surface area contributed by atoms with E-state index in [1.807, 2.05) is 31.2 Å². The number of para-hydroxylation sites is 2. The highest BCUT2D eigenvalue weighted by atomic mass is 32.2. The van der Waals surface area contributed by atoms with E-state index in [1.54, 1.807) is 31.2 Å². The molecule has 0 radical (unpaired) electrons. The summed E-state index contributed by atoms with van der Waals surface area (Å²) in [5.74, 6) is -1.19. The Morgan fingerprint density at radius 3 is 2.46 bits per heavy atom. The molecule has 124 valence electrons. The number of imidazole rings is 1. The first-order chi connectivity index (χ1) is 11.4. The topological polar surface area (TPSA) is 91.9 Å². The number of hydrogen-bond acceptors (Lipinski definition) is 4. The molecule has 1 heterocycles. The molecule has 0 saturated carbocycles. The third-order valence-corrected chi connectivity index (χ3v) is 5.00. The number of aryl methyl sites for hydroxylation is 1. The van der Waals surface area contributed by atoms with Crippen LogP contribution in [0.25, 0.3) is 11.0 Å². The molecule has 0 saturated heterocycles. The molecule has 3 aromatic rings. The van der Waals surface area contributed by atoms with Gasteiger partial charge in [0.25, 0.3) is 10.0 Å². The maximum absolute atomic E-state index is 12.4. The van der Waals surface area contributed by atoms with Crippen LogP contribution in [0, 0.1) is 6.92 Å². The van der Waals surface area contributed by atoms with Crippen molar-refractivity contribution in [2.75, 3.05) is 0 Å². The third-order valence-electron chi connectivity index (χ3n) is 3.83. The Kier molecular flexibility index (Phi) is 4.11. The Labute approximate surface area is 140 Å². The molecule has 0 aliphatic carbocycles. The van der Waals surface area contributed by atoms with Gasteiger partial charge in [-0.1, -0.05) is 42.0 Å². The van der Waals surface area contributed by atoms with E-state index < -0.39 is 21.8 Å². The summed E-state index contributed by atoms with van der Waals surface area (Å²) >= 11 is 0. The van der Waals surface area contributed by atoms with Gasteiger partial charge >= 0.3 is 0 Å². The van der Waals surface area contributed by atoms with Gasteiger partial charge in [-0.3, -0.25) is 4.79 Å². The second-order valence-electron chi connectivity index (χ2n) is 5.66. The van der Waals surface area contributed by atoms with Gasteiger partial charge in [-0.2, -0.15) is 8.42 Å². The van der Waals surface area contributed by atoms with Crippen LogP contribution in [-0.4, -0.2) is 24.3 Å². The molecule has 1 atom stereocenters. The summed E-state index contributed by atoms with van der Waals surface area (Å²) in [7, 11) is -4.05. The lowest BCUT2D eigenvalue weighted by Crippen LogP contribution is -2.34. The van der Waals surface area contributed by atoms with Crippen molar-refractivity contribution in [2.45, 2.75) is 24.9 Å². The van der Waals surface area contributed by atoms with Gasteiger partial charge in [0.2, 0.25) is 11.1 Å². The molecular formula is C17H17N3O3S. The number of carbonyl (C=O) groups is 1. The summed E-state index contributed by atoms with van der Waals surface area (Å²) in [6.45, 7) is 3.61. The molecule has 0 bridgehead atoms. The van der Waals surface area contributed by atoms with Crippen molar-refractivity contribution in [2.24, 2.45) is 0 Å². The molecule has 1 aromatic heterocycles. The zero-order chi connectivity index (χ0) is 17.3. The fourth-order valence-corrected chi connectivity index (χ4v) is 3.33. The van der Waals surface area contributed by atoms with Crippen LogP contribution < -0.4 is 4.72 Å². The van der Waals surface area contributed by atoms with Crippen molar-refractivity contribution in [3.8, 4) is 0 Å². The molecule has 0 spiro atoms. The monoisotopic (exact) mass is 343 g/mol. The molecule has 24 heavy (non-hydrogen) atoms. The summed E-state index contributed by atoms with van der Waals surface area (Å²) in [6.07, 6.45) is 0. The van der Waals surface area contributed by atoms with Crippen molar-refractivity contribution < 1.29 is 13.2 Å². The van der Waals surface area contributed by atoms with Gasteiger partial charge in [0.15, 0.2) is 0 Å².